The molecule has 1 aliphatic heterocycles. The van der Waals surface area contributed by atoms with Gasteiger partial charge in [0.05, 0.1) is 0 Å². The van der Waals surface area contributed by atoms with Crippen molar-refractivity contribution in [1.82, 2.24) is 14.8 Å². The van der Waals surface area contributed by atoms with Crippen LogP contribution < -0.4 is 0 Å². The molecule has 116 valence electrons. The minimum atomic E-state index is -0.546. The number of amides is 1. The molecule has 1 aromatic rings. The molecule has 0 saturated carbocycles. The molecule has 1 saturated heterocycles. The van der Waals surface area contributed by atoms with Crippen LogP contribution in [0.4, 0.5) is 4.39 Å². The van der Waals surface area contributed by atoms with E-state index in [-0.39, 0.29) is 11.6 Å². The third-order valence-corrected chi connectivity index (χ3v) is 4.01. The molecule has 0 spiro atoms. The summed E-state index contributed by atoms with van der Waals surface area (Å²) >= 11 is 0. The molecule has 0 bridgehead atoms. The highest BCUT2D eigenvalue weighted by Crippen LogP contribution is 2.11. The predicted molar refractivity (Wildman–Crippen MR) is 80.7 cm³/mol. The molecule has 0 aromatic carbocycles. The Morgan fingerprint density at radius 1 is 1.33 bits per heavy atom. The first-order valence-corrected chi connectivity index (χ1v) is 7.84. The second-order valence-electron chi connectivity index (χ2n) is 5.47. The summed E-state index contributed by atoms with van der Waals surface area (Å²) in [5, 5.41) is 0. The van der Waals surface area contributed by atoms with Gasteiger partial charge in [-0.2, -0.15) is 0 Å². The first kappa shape index (κ1) is 15.9. The van der Waals surface area contributed by atoms with Crippen LogP contribution in [0, 0.1) is 5.82 Å². The minimum absolute atomic E-state index is 0.0739. The van der Waals surface area contributed by atoms with Gasteiger partial charge in [0.1, 0.15) is 0 Å². The predicted octanol–water partition coefficient (Wildman–Crippen LogP) is 2.56. The molecule has 2 rings (SSSR count). The van der Waals surface area contributed by atoms with Crippen LogP contribution in [-0.2, 0) is 0 Å². The highest BCUT2D eigenvalue weighted by atomic mass is 19.1. The summed E-state index contributed by atoms with van der Waals surface area (Å²) in [6.45, 7) is 6.18. The monoisotopic (exact) mass is 293 g/mol. The topological polar surface area (TPSA) is 36.4 Å². The van der Waals surface area contributed by atoms with Crippen molar-refractivity contribution in [2.45, 2.75) is 32.6 Å². The van der Waals surface area contributed by atoms with Crippen molar-refractivity contribution >= 4 is 5.91 Å². The van der Waals surface area contributed by atoms with Gasteiger partial charge in [0, 0.05) is 25.8 Å². The zero-order valence-corrected chi connectivity index (χ0v) is 12.7. The number of carbonyl (C=O) groups is 1. The maximum Gasteiger partial charge on any atom is 0.275 e. The molecule has 5 heteroatoms. The van der Waals surface area contributed by atoms with Crippen molar-refractivity contribution in [3.63, 3.8) is 0 Å². The van der Waals surface area contributed by atoms with Crippen molar-refractivity contribution in [3.8, 4) is 0 Å². The number of likely N-dealkylation sites (N-methyl/N-ethyl adjacent to an activating group) is 1. The Balaban J connectivity index is 1.93. The Labute approximate surface area is 126 Å². The van der Waals surface area contributed by atoms with E-state index in [1.165, 1.54) is 44.0 Å². The summed E-state index contributed by atoms with van der Waals surface area (Å²) in [6.07, 6.45) is 6.51. The molecule has 4 nitrogen and oxygen atoms in total. The fraction of sp³-hybridized carbons (Fsp3) is 0.625. The van der Waals surface area contributed by atoms with Crippen molar-refractivity contribution in [2.24, 2.45) is 0 Å². The molecular formula is C16H24FN3O. The number of carbonyl (C=O) groups excluding carboxylic acids is 1. The van der Waals surface area contributed by atoms with Crippen LogP contribution in [-0.4, -0.2) is 53.4 Å². The Bertz CT molecular complexity index is 459. The van der Waals surface area contributed by atoms with Gasteiger partial charge >= 0.3 is 0 Å². The summed E-state index contributed by atoms with van der Waals surface area (Å²) in [4.78, 5) is 20.3. The van der Waals surface area contributed by atoms with Crippen molar-refractivity contribution in [2.75, 3.05) is 32.7 Å². The van der Waals surface area contributed by atoms with Crippen LogP contribution in [0.15, 0.2) is 18.3 Å². The number of aromatic nitrogens is 1. The van der Waals surface area contributed by atoms with E-state index in [1.54, 1.807) is 4.90 Å². The lowest BCUT2D eigenvalue weighted by molar-refractivity contribution is 0.0734. The summed E-state index contributed by atoms with van der Waals surface area (Å²) in [7, 11) is 0. The number of likely N-dealkylation sites (tertiary alicyclic amines) is 1. The van der Waals surface area contributed by atoms with Crippen molar-refractivity contribution in [1.29, 1.82) is 0 Å². The van der Waals surface area contributed by atoms with Gasteiger partial charge in [0.15, 0.2) is 11.5 Å². The van der Waals surface area contributed by atoms with Crippen LogP contribution in [0.1, 0.15) is 43.1 Å². The smallest absolute Gasteiger partial charge is 0.275 e. The third kappa shape index (κ3) is 4.49. The van der Waals surface area contributed by atoms with E-state index < -0.39 is 5.82 Å². The molecule has 0 atom stereocenters. The van der Waals surface area contributed by atoms with E-state index in [2.05, 4.69) is 9.88 Å². The lowest BCUT2D eigenvalue weighted by atomic mass is 10.2. The Hall–Kier alpha value is -1.49. The van der Waals surface area contributed by atoms with E-state index in [0.717, 1.165) is 19.6 Å². The molecule has 1 amide bonds. The first-order chi connectivity index (χ1) is 10.2. The molecule has 0 unspecified atom stereocenters. The molecule has 0 radical (unpaired) electrons. The summed E-state index contributed by atoms with van der Waals surface area (Å²) < 4.78 is 13.7. The second kappa shape index (κ2) is 8.08. The number of halogens is 1. The van der Waals surface area contributed by atoms with E-state index in [9.17, 15) is 9.18 Å². The van der Waals surface area contributed by atoms with Crippen LogP contribution in [0.2, 0.25) is 0 Å². The number of hydrogen-bond donors (Lipinski definition) is 0. The molecule has 1 aromatic heterocycles. The van der Waals surface area contributed by atoms with Crippen molar-refractivity contribution in [3.05, 3.63) is 29.8 Å². The molecule has 1 fully saturated rings. The standard InChI is InChI=1S/C16H24FN3O/c1-2-20(13-12-19-10-5-3-4-6-11-19)16(21)15-14(17)8-7-9-18-15/h7-9H,2-6,10-13H2,1H3. The first-order valence-electron chi connectivity index (χ1n) is 7.84. The fourth-order valence-corrected chi connectivity index (χ4v) is 2.72. The largest absolute Gasteiger partial charge is 0.336 e. The van der Waals surface area contributed by atoms with E-state index in [1.807, 2.05) is 6.92 Å². The molecule has 21 heavy (non-hydrogen) atoms. The summed E-state index contributed by atoms with van der Waals surface area (Å²) in [6, 6.07) is 2.78. The minimum Gasteiger partial charge on any atom is -0.336 e. The fourth-order valence-electron chi connectivity index (χ4n) is 2.72. The van der Waals surface area contributed by atoms with Crippen LogP contribution >= 0.6 is 0 Å². The number of nitrogens with zero attached hydrogens (tertiary/aromatic N) is 3. The van der Waals surface area contributed by atoms with Gasteiger partial charge in [-0.1, -0.05) is 12.8 Å². The summed E-state index contributed by atoms with van der Waals surface area (Å²) in [5.41, 5.74) is -0.0739. The van der Waals surface area contributed by atoms with Gasteiger partial charge in [-0.15, -0.1) is 0 Å². The molecular weight excluding hydrogens is 269 g/mol. The van der Waals surface area contributed by atoms with Gasteiger partial charge < -0.3 is 9.80 Å². The highest BCUT2D eigenvalue weighted by molar-refractivity contribution is 5.92. The quantitative estimate of drug-likeness (QED) is 0.837. The van der Waals surface area contributed by atoms with Gasteiger partial charge in [0.2, 0.25) is 0 Å². The third-order valence-electron chi connectivity index (χ3n) is 4.01. The van der Waals surface area contributed by atoms with Crippen LogP contribution in [0.3, 0.4) is 0 Å². The average Bonchev–Trinajstić information content (AvgIpc) is 2.77. The lowest BCUT2D eigenvalue weighted by Crippen LogP contribution is -2.39. The zero-order chi connectivity index (χ0) is 15.1. The zero-order valence-electron chi connectivity index (χ0n) is 12.7. The van der Waals surface area contributed by atoms with Crippen LogP contribution in [0.5, 0.6) is 0 Å². The molecule has 0 N–H and O–H groups in total. The van der Waals surface area contributed by atoms with Gasteiger partial charge in [0.25, 0.3) is 5.91 Å². The highest BCUT2D eigenvalue weighted by Gasteiger charge is 2.20. The van der Waals surface area contributed by atoms with Gasteiger partial charge in [-0.05, 0) is 45.0 Å². The van der Waals surface area contributed by atoms with Crippen molar-refractivity contribution < 1.29 is 9.18 Å². The van der Waals surface area contributed by atoms with E-state index >= 15 is 0 Å². The molecule has 2 heterocycles. The lowest BCUT2D eigenvalue weighted by Gasteiger charge is -2.26. The van der Waals surface area contributed by atoms with Crippen LogP contribution in [0.25, 0.3) is 0 Å². The average molecular weight is 293 g/mol. The van der Waals surface area contributed by atoms with E-state index in [4.69, 9.17) is 0 Å². The second-order valence-corrected chi connectivity index (χ2v) is 5.47. The number of rotatable bonds is 5. The SMILES string of the molecule is CCN(CCN1CCCCCC1)C(=O)c1ncccc1F. The van der Waals surface area contributed by atoms with E-state index in [0.29, 0.717) is 13.1 Å². The number of pyridine rings is 1. The Kier molecular flexibility index (Phi) is 6.11. The summed E-state index contributed by atoms with van der Waals surface area (Å²) in [5.74, 6) is -0.860. The molecule has 0 aliphatic carbocycles. The Morgan fingerprint density at radius 2 is 2.05 bits per heavy atom. The Morgan fingerprint density at radius 3 is 2.67 bits per heavy atom. The maximum absolute atomic E-state index is 13.7. The van der Waals surface area contributed by atoms with Gasteiger partial charge in [-0.3, -0.25) is 4.79 Å². The molecule has 1 aliphatic rings. The van der Waals surface area contributed by atoms with Gasteiger partial charge in [-0.25, -0.2) is 9.37 Å². The normalized spacial score (nSPS) is 16.5. The maximum atomic E-state index is 13.7. The number of hydrogen-bond acceptors (Lipinski definition) is 3.